The first-order valence-electron chi connectivity index (χ1n) is 6.08. The van der Waals surface area contributed by atoms with E-state index in [4.69, 9.17) is 0 Å². The molecular weight excluding hydrogens is 190 g/mol. The van der Waals surface area contributed by atoms with Crippen molar-refractivity contribution >= 4 is 6.03 Å². The second-order valence-electron chi connectivity index (χ2n) is 4.09. The van der Waals surface area contributed by atoms with Gasteiger partial charge >= 0.3 is 6.03 Å². The van der Waals surface area contributed by atoms with Crippen molar-refractivity contribution < 1.29 is 4.79 Å². The summed E-state index contributed by atoms with van der Waals surface area (Å²) in [6, 6.07) is 0.387. The fourth-order valence-electron chi connectivity index (χ4n) is 1.92. The fraction of sp³-hybridized carbons (Fsp3) is 0.909. The highest BCUT2D eigenvalue weighted by Gasteiger charge is 2.14. The lowest BCUT2D eigenvalue weighted by atomic mass is 9.96. The van der Waals surface area contributed by atoms with Crippen molar-refractivity contribution in [2.24, 2.45) is 0 Å². The van der Waals surface area contributed by atoms with Crippen LogP contribution < -0.4 is 16.0 Å². The molecule has 3 N–H and O–H groups in total. The minimum absolute atomic E-state index is 0.0141. The van der Waals surface area contributed by atoms with Crippen molar-refractivity contribution in [3.63, 3.8) is 0 Å². The molecule has 4 heteroatoms. The maximum absolute atomic E-state index is 11.4. The first kappa shape index (κ1) is 12.3. The van der Waals surface area contributed by atoms with Crippen LogP contribution in [0.5, 0.6) is 0 Å². The number of carbonyl (C=O) groups excluding carboxylic acids is 1. The average molecular weight is 213 g/mol. The predicted octanol–water partition coefficient (Wildman–Crippen LogP) is 1.23. The van der Waals surface area contributed by atoms with Gasteiger partial charge in [0.1, 0.15) is 0 Å². The SMILES string of the molecule is CCNCCNC(=O)NC1CCCCC1. The van der Waals surface area contributed by atoms with E-state index in [1.165, 1.54) is 19.3 Å². The molecule has 0 atom stereocenters. The monoisotopic (exact) mass is 213 g/mol. The lowest BCUT2D eigenvalue weighted by Gasteiger charge is -2.22. The summed E-state index contributed by atoms with van der Waals surface area (Å²) < 4.78 is 0. The number of urea groups is 1. The maximum atomic E-state index is 11.4. The summed E-state index contributed by atoms with van der Waals surface area (Å²) in [7, 11) is 0. The van der Waals surface area contributed by atoms with E-state index in [0.717, 1.165) is 25.9 Å². The van der Waals surface area contributed by atoms with E-state index >= 15 is 0 Å². The van der Waals surface area contributed by atoms with Crippen LogP contribution in [0.3, 0.4) is 0 Å². The molecule has 0 aromatic heterocycles. The Morgan fingerprint density at radius 3 is 2.60 bits per heavy atom. The number of amides is 2. The topological polar surface area (TPSA) is 53.2 Å². The number of rotatable bonds is 5. The molecule has 1 saturated carbocycles. The van der Waals surface area contributed by atoms with Crippen molar-refractivity contribution in [2.45, 2.75) is 45.1 Å². The van der Waals surface area contributed by atoms with Crippen molar-refractivity contribution in [2.75, 3.05) is 19.6 Å². The summed E-state index contributed by atoms with van der Waals surface area (Å²) >= 11 is 0. The third kappa shape index (κ3) is 5.62. The van der Waals surface area contributed by atoms with Crippen molar-refractivity contribution in [1.82, 2.24) is 16.0 Å². The van der Waals surface area contributed by atoms with E-state index in [-0.39, 0.29) is 6.03 Å². The zero-order valence-corrected chi connectivity index (χ0v) is 9.64. The van der Waals surface area contributed by atoms with Crippen LogP contribution in [0.4, 0.5) is 4.79 Å². The Hall–Kier alpha value is -0.770. The summed E-state index contributed by atoms with van der Waals surface area (Å²) in [5.74, 6) is 0. The Kier molecular flexibility index (Phi) is 6.16. The highest BCUT2D eigenvalue weighted by molar-refractivity contribution is 5.74. The van der Waals surface area contributed by atoms with Gasteiger partial charge in [0.05, 0.1) is 0 Å². The van der Waals surface area contributed by atoms with Crippen LogP contribution in [0.1, 0.15) is 39.0 Å². The van der Waals surface area contributed by atoms with Crippen LogP contribution in [0.15, 0.2) is 0 Å². The van der Waals surface area contributed by atoms with Gasteiger partial charge in [0.2, 0.25) is 0 Å². The minimum atomic E-state index is -0.0141. The van der Waals surface area contributed by atoms with E-state index in [2.05, 4.69) is 22.9 Å². The molecule has 0 aromatic carbocycles. The van der Waals surface area contributed by atoms with Crippen LogP contribution in [-0.4, -0.2) is 31.7 Å². The molecule has 0 bridgehead atoms. The molecule has 15 heavy (non-hydrogen) atoms. The van der Waals surface area contributed by atoms with Crippen molar-refractivity contribution in [3.05, 3.63) is 0 Å². The zero-order valence-electron chi connectivity index (χ0n) is 9.64. The quantitative estimate of drug-likeness (QED) is 0.602. The van der Waals surface area contributed by atoms with Gasteiger partial charge < -0.3 is 16.0 Å². The highest BCUT2D eigenvalue weighted by atomic mass is 16.2. The largest absolute Gasteiger partial charge is 0.337 e. The molecule has 88 valence electrons. The molecule has 0 spiro atoms. The van der Waals surface area contributed by atoms with Gasteiger partial charge in [-0.05, 0) is 19.4 Å². The van der Waals surface area contributed by atoms with Gasteiger partial charge in [-0.2, -0.15) is 0 Å². The Morgan fingerprint density at radius 1 is 1.20 bits per heavy atom. The van der Waals surface area contributed by atoms with E-state index in [1.54, 1.807) is 0 Å². The van der Waals surface area contributed by atoms with Gasteiger partial charge in [0.15, 0.2) is 0 Å². The molecule has 0 unspecified atom stereocenters. The molecule has 1 aliphatic rings. The minimum Gasteiger partial charge on any atom is -0.337 e. The summed E-state index contributed by atoms with van der Waals surface area (Å²) in [6.45, 7) is 4.55. The van der Waals surface area contributed by atoms with E-state index in [9.17, 15) is 4.79 Å². The molecule has 4 nitrogen and oxygen atoms in total. The van der Waals surface area contributed by atoms with Gasteiger partial charge in [0, 0.05) is 19.1 Å². The first-order valence-corrected chi connectivity index (χ1v) is 6.08. The summed E-state index contributed by atoms with van der Waals surface area (Å²) in [4.78, 5) is 11.4. The van der Waals surface area contributed by atoms with E-state index in [0.29, 0.717) is 12.6 Å². The average Bonchev–Trinajstić information content (AvgIpc) is 2.26. The standard InChI is InChI=1S/C11H23N3O/c1-2-12-8-9-13-11(15)14-10-6-4-3-5-7-10/h10,12H,2-9H2,1H3,(H2,13,14,15). The van der Waals surface area contributed by atoms with Crippen LogP contribution in [0, 0.1) is 0 Å². The normalized spacial score (nSPS) is 17.4. The summed E-state index contributed by atoms with van der Waals surface area (Å²) in [5, 5.41) is 9.03. The van der Waals surface area contributed by atoms with Gasteiger partial charge in [-0.1, -0.05) is 26.2 Å². The Balaban J connectivity index is 2.01. The van der Waals surface area contributed by atoms with Gasteiger partial charge in [-0.25, -0.2) is 4.79 Å². The van der Waals surface area contributed by atoms with Crippen LogP contribution in [-0.2, 0) is 0 Å². The van der Waals surface area contributed by atoms with E-state index in [1.807, 2.05) is 0 Å². The molecule has 1 rings (SSSR count). The second kappa shape index (κ2) is 7.51. The Labute approximate surface area is 92.2 Å². The Morgan fingerprint density at radius 2 is 1.93 bits per heavy atom. The third-order valence-corrected chi connectivity index (χ3v) is 2.78. The van der Waals surface area contributed by atoms with Crippen molar-refractivity contribution in [3.8, 4) is 0 Å². The van der Waals surface area contributed by atoms with Crippen molar-refractivity contribution in [1.29, 1.82) is 0 Å². The molecule has 0 aromatic rings. The fourth-order valence-corrected chi connectivity index (χ4v) is 1.92. The summed E-state index contributed by atoms with van der Waals surface area (Å²) in [6.07, 6.45) is 6.10. The number of nitrogens with one attached hydrogen (secondary N) is 3. The molecule has 1 fully saturated rings. The molecular formula is C11H23N3O. The molecule has 0 aliphatic heterocycles. The third-order valence-electron chi connectivity index (χ3n) is 2.78. The molecule has 1 aliphatic carbocycles. The van der Waals surface area contributed by atoms with Gasteiger partial charge in [-0.3, -0.25) is 0 Å². The molecule has 0 heterocycles. The smallest absolute Gasteiger partial charge is 0.315 e. The zero-order chi connectivity index (χ0) is 10.9. The lowest BCUT2D eigenvalue weighted by Crippen LogP contribution is -2.44. The second-order valence-corrected chi connectivity index (χ2v) is 4.09. The van der Waals surface area contributed by atoms with Crippen LogP contribution >= 0.6 is 0 Å². The lowest BCUT2D eigenvalue weighted by molar-refractivity contribution is 0.232. The van der Waals surface area contributed by atoms with Crippen LogP contribution in [0.2, 0.25) is 0 Å². The van der Waals surface area contributed by atoms with Crippen LogP contribution in [0.25, 0.3) is 0 Å². The first-order chi connectivity index (χ1) is 7.33. The Bertz CT molecular complexity index is 179. The molecule has 0 saturated heterocycles. The summed E-state index contributed by atoms with van der Waals surface area (Å²) in [5.41, 5.74) is 0. The number of hydrogen-bond acceptors (Lipinski definition) is 2. The predicted molar refractivity (Wildman–Crippen MR) is 62.0 cm³/mol. The maximum Gasteiger partial charge on any atom is 0.315 e. The highest BCUT2D eigenvalue weighted by Crippen LogP contribution is 2.16. The number of likely N-dealkylation sites (N-methyl/N-ethyl adjacent to an activating group) is 1. The number of hydrogen-bond donors (Lipinski definition) is 3. The molecule has 0 radical (unpaired) electrons. The molecule has 2 amide bonds. The van der Waals surface area contributed by atoms with E-state index < -0.39 is 0 Å². The van der Waals surface area contributed by atoms with Gasteiger partial charge in [-0.15, -0.1) is 0 Å². The number of carbonyl (C=O) groups is 1. The van der Waals surface area contributed by atoms with Gasteiger partial charge in [0.25, 0.3) is 0 Å².